The summed E-state index contributed by atoms with van der Waals surface area (Å²) >= 11 is 0. The van der Waals surface area contributed by atoms with E-state index in [0.717, 1.165) is 19.5 Å². The van der Waals surface area contributed by atoms with Crippen molar-refractivity contribution < 1.29 is 17.9 Å². The van der Waals surface area contributed by atoms with Gasteiger partial charge in [0.05, 0.1) is 11.5 Å². The maximum Gasteiger partial charge on any atom is 0.350 e. The topological polar surface area (TPSA) is 63.7 Å². The lowest BCUT2D eigenvalue weighted by Crippen LogP contribution is -2.18. The van der Waals surface area contributed by atoms with Gasteiger partial charge in [-0.1, -0.05) is 31.5 Å². The molecule has 1 rings (SSSR count). The summed E-state index contributed by atoms with van der Waals surface area (Å²) in [6.07, 6.45) is 6.21. The van der Waals surface area contributed by atoms with Crippen LogP contribution in [-0.4, -0.2) is 39.0 Å². The number of carbonyl (C=O) groups is 1. The first-order valence-corrected chi connectivity index (χ1v) is 10.0. The molecular formula is C19H27NO4S. The number of benzene rings is 1. The van der Waals surface area contributed by atoms with Crippen molar-refractivity contribution in [3.05, 3.63) is 53.6 Å². The predicted octanol–water partition coefficient (Wildman–Crippen LogP) is 3.54. The zero-order valence-electron chi connectivity index (χ0n) is 15.1. The van der Waals surface area contributed by atoms with Crippen LogP contribution in [0.3, 0.4) is 0 Å². The summed E-state index contributed by atoms with van der Waals surface area (Å²) < 4.78 is 30.7. The fraction of sp³-hybridized carbons (Fsp3) is 0.421. The molecule has 138 valence electrons. The number of nitrogens with zero attached hydrogens (tertiary/aromatic N) is 1. The Morgan fingerprint density at radius 1 is 1.12 bits per heavy atom. The molecule has 0 N–H and O–H groups in total. The zero-order valence-corrected chi connectivity index (χ0v) is 16.0. The number of esters is 1. The molecule has 0 spiro atoms. The third-order valence-corrected chi connectivity index (χ3v) is 5.41. The summed E-state index contributed by atoms with van der Waals surface area (Å²) in [6.45, 7) is 7.76. The summed E-state index contributed by atoms with van der Waals surface area (Å²) in [5.74, 6) is -0.818. The summed E-state index contributed by atoms with van der Waals surface area (Å²) in [5.41, 5.74) is 0. The molecule has 0 aliphatic heterocycles. The zero-order chi connectivity index (χ0) is 18.7. The Balaban J connectivity index is 3.16. The first-order valence-electron chi connectivity index (χ1n) is 8.57. The molecule has 0 heterocycles. The molecule has 0 aromatic heterocycles. The summed E-state index contributed by atoms with van der Waals surface area (Å²) in [5, 5.41) is 0. The normalized spacial score (nSPS) is 12.4. The molecule has 0 saturated carbocycles. The highest BCUT2D eigenvalue weighted by atomic mass is 32.2. The molecule has 0 atom stereocenters. The van der Waals surface area contributed by atoms with Crippen LogP contribution in [-0.2, 0) is 19.4 Å². The van der Waals surface area contributed by atoms with Crippen molar-refractivity contribution in [1.82, 2.24) is 4.90 Å². The predicted molar refractivity (Wildman–Crippen MR) is 99.6 cm³/mol. The highest BCUT2D eigenvalue weighted by molar-refractivity contribution is 7.96. The van der Waals surface area contributed by atoms with Gasteiger partial charge in [-0.3, -0.25) is 0 Å². The lowest BCUT2D eigenvalue weighted by atomic mass is 10.4. The molecule has 0 aliphatic rings. The smallest absolute Gasteiger partial charge is 0.350 e. The van der Waals surface area contributed by atoms with E-state index in [1.807, 2.05) is 25.7 Å². The van der Waals surface area contributed by atoms with Gasteiger partial charge in [0.15, 0.2) is 4.91 Å². The van der Waals surface area contributed by atoms with E-state index in [9.17, 15) is 13.2 Å². The fourth-order valence-corrected chi connectivity index (χ4v) is 3.37. The van der Waals surface area contributed by atoms with Gasteiger partial charge in [-0.25, -0.2) is 13.2 Å². The van der Waals surface area contributed by atoms with Crippen LogP contribution in [0.1, 0.15) is 33.6 Å². The maximum absolute atomic E-state index is 12.8. The first-order chi connectivity index (χ1) is 12.0. The minimum absolute atomic E-state index is 0.0740. The van der Waals surface area contributed by atoms with Crippen LogP contribution in [0.15, 0.2) is 58.5 Å². The summed E-state index contributed by atoms with van der Waals surface area (Å²) in [7, 11) is -3.93. The fourth-order valence-electron chi connectivity index (χ4n) is 2.06. The molecule has 0 saturated heterocycles. The van der Waals surface area contributed by atoms with Crippen LogP contribution in [0.5, 0.6) is 0 Å². The summed E-state index contributed by atoms with van der Waals surface area (Å²) in [6, 6.07) is 7.91. The Bertz CT molecular complexity index is 689. The first kappa shape index (κ1) is 21.0. The van der Waals surface area contributed by atoms with Crippen molar-refractivity contribution in [3.63, 3.8) is 0 Å². The Morgan fingerprint density at radius 3 is 2.32 bits per heavy atom. The van der Waals surface area contributed by atoms with Gasteiger partial charge in [0.1, 0.15) is 0 Å². The van der Waals surface area contributed by atoms with Crippen LogP contribution < -0.4 is 0 Å². The SMILES string of the molecule is CCCCOC(=O)/C(=C/C=C/N(CC)CC)S(=O)(=O)c1ccccc1. The van der Waals surface area contributed by atoms with Crippen LogP contribution >= 0.6 is 0 Å². The maximum atomic E-state index is 12.8. The van der Waals surface area contributed by atoms with E-state index in [0.29, 0.717) is 6.42 Å². The largest absolute Gasteiger partial charge is 0.462 e. The van der Waals surface area contributed by atoms with Crippen molar-refractivity contribution in [3.8, 4) is 0 Å². The highest BCUT2D eigenvalue weighted by Gasteiger charge is 2.27. The van der Waals surface area contributed by atoms with Crippen LogP contribution in [0, 0.1) is 0 Å². The van der Waals surface area contributed by atoms with E-state index in [1.54, 1.807) is 30.5 Å². The second-order valence-corrected chi connectivity index (χ2v) is 7.32. The number of hydrogen-bond acceptors (Lipinski definition) is 5. The van der Waals surface area contributed by atoms with E-state index >= 15 is 0 Å². The lowest BCUT2D eigenvalue weighted by Gasteiger charge is -2.14. The van der Waals surface area contributed by atoms with Gasteiger partial charge < -0.3 is 9.64 Å². The van der Waals surface area contributed by atoms with Gasteiger partial charge in [0, 0.05) is 13.1 Å². The van der Waals surface area contributed by atoms with Crippen LogP contribution in [0.2, 0.25) is 0 Å². The van der Waals surface area contributed by atoms with Crippen molar-refractivity contribution in [2.45, 2.75) is 38.5 Å². The van der Waals surface area contributed by atoms with E-state index < -0.39 is 15.8 Å². The van der Waals surface area contributed by atoms with Crippen molar-refractivity contribution in [1.29, 1.82) is 0 Å². The number of sulfone groups is 1. The van der Waals surface area contributed by atoms with Crippen LogP contribution in [0.4, 0.5) is 0 Å². The molecule has 5 nitrogen and oxygen atoms in total. The molecule has 6 heteroatoms. The van der Waals surface area contributed by atoms with Crippen LogP contribution in [0.25, 0.3) is 0 Å². The molecule has 0 amide bonds. The van der Waals surface area contributed by atoms with Gasteiger partial charge >= 0.3 is 5.97 Å². The number of carbonyl (C=O) groups excluding carboxylic acids is 1. The van der Waals surface area contributed by atoms with Crippen molar-refractivity contribution >= 4 is 15.8 Å². The van der Waals surface area contributed by atoms with E-state index in [1.165, 1.54) is 18.2 Å². The van der Waals surface area contributed by atoms with Gasteiger partial charge in [-0.2, -0.15) is 0 Å². The van der Waals surface area contributed by atoms with Gasteiger partial charge in [-0.05, 0) is 50.8 Å². The second kappa shape index (κ2) is 10.7. The molecule has 0 unspecified atom stereocenters. The average molecular weight is 365 g/mol. The van der Waals surface area contributed by atoms with Crippen molar-refractivity contribution in [2.24, 2.45) is 0 Å². The Morgan fingerprint density at radius 2 is 1.76 bits per heavy atom. The quantitative estimate of drug-likeness (QED) is 0.275. The minimum atomic E-state index is -3.93. The van der Waals surface area contributed by atoms with E-state index in [4.69, 9.17) is 4.74 Å². The van der Waals surface area contributed by atoms with E-state index in [-0.39, 0.29) is 16.4 Å². The molecule has 0 aliphatic carbocycles. The third-order valence-electron chi connectivity index (χ3n) is 3.63. The molecule has 0 fully saturated rings. The number of rotatable bonds is 10. The standard InChI is InChI=1S/C19H27NO4S/c1-4-7-16-24-19(21)18(14-11-15-20(5-2)6-3)25(22,23)17-12-9-8-10-13-17/h8-15H,4-7,16H2,1-3H3/b15-11+,18-14-. The van der Waals surface area contributed by atoms with E-state index in [2.05, 4.69) is 0 Å². The number of unbranched alkanes of at least 4 members (excludes halogenated alkanes) is 1. The van der Waals surface area contributed by atoms with Crippen molar-refractivity contribution in [2.75, 3.05) is 19.7 Å². The monoisotopic (exact) mass is 365 g/mol. The highest BCUT2D eigenvalue weighted by Crippen LogP contribution is 2.20. The molecule has 25 heavy (non-hydrogen) atoms. The van der Waals surface area contributed by atoms with Gasteiger partial charge in [0.2, 0.25) is 9.84 Å². The summed E-state index contributed by atoms with van der Waals surface area (Å²) in [4.78, 5) is 14.1. The molecular weight excluding hydrogens is 338 g/mol. The number of hydrogen-bond donors (Lipinski definition) is 0. The minimum Gasteiger partial charge on any atom is -0.462 e. The third kappa shape index (κ3) is 6.38. The Kier molecular flexibility index (Phi) is 8.99. The molecule has 1 aromatic carbocycles. The Labute approximate surface area is 150 Å². The molecule has 0 bridgehead atoms. The second-order valence-electron chi connectivity index (χ2n) is 5.40. The van der Waals surface area contributed by atoms with Gasteiger partial charge in [-0.15, -0.1) is 0 Å². The lowest BCUT2D eigenvalue weighted by molar-refractivity contribution is -0.138. The molecule has 1 aromatic rings. The number of allylic oxidation sites excluding steroid dienone is 2. The average Bonchev–Trinajstić information content (AvgIpc) is 2.62. The number of ether oxygens (including phenoxy) is 1. The van der Waals surface area contributed by atoms with Gasteiger partial charge in [0.25, 0.3) is 0 Å². The molecule has 0 radical (unpaired) electrons. The Hall–Kier alpha value is -2.08.